The van der Waals surface area contributed by atoms with Crippen molar-refractivity contribution in [3.05, 3.63) is 25.2 Å². The van der Waals surface area contributed by atoms with E-state index in [0.717, 1.165) is 11.5 Å². The standard InChI is InChI=1S/C7H9NO2.C2H5O.CH3.W/c1-4-5(2)7(10)8(3)6(4)9;1-2-3;;/h1-3H3;2-3H,1H3;1H3;/q;2*-1;+2/i;;1D;. The molecule has 1 heterocycles. The average Bonchev–Trinajstić information content (AvgIpc) is 2.41. The normalized spacial score (nSPS) is 14.5. The van der Waals surface area contributed by atoms with Crippen LogP contribution in [0.4, 0.5) is 0 Å². The van der Waals surface area contributed by atoms with Gasteiger partial charge in [0.15, 0.2) is 0 Å². The van der Waals surface area contributed by atoms with E-state index in [0.29, 0.717) is 11.1 Å². The predicted octanol–water partition coefficient (Wildman–Crippen LogP) is 1.31. The van der Waals surface area contributed by atoms with E-state index in [2.05, 4.69) is 7.40 Å². The van der Waals surface area contributed by atoms with Gasteiger partial charge in [-0.15, -0.1) is 0 Å². The summed E-state index contributed by atoms with van der Waals surface area (Å²) in [6.45, 7) is 5.89. The first kappa shape index (κ1) is 16.9. The fraction of sp³-hybridized carbons (Fsp3) is 0.400. The molecular weight excluding hydrogens is 366 g/mol. The molecule has 1 aliphatic heterocycles. The third kappa shape index (κ3) is 4.71. The first-order chi connectivity index (χ1) is 6.97. The quantitative estimate of drug-likeness (QED) is 0.506. The Morgan fingerprint density at radius 1 is 1.27 bits per heavy atom. The molecule has 0 bridgehead atoms. The number of hydrogen-bond donors (Lipinski definition) is 1. The second-order valence-corrected chi connectivity index (χ2v) is 2.68. The number of amides is 2. The van der Waals surface area contributed by atoms with Crippen molar-refractivity contribution >= 4 is 11.8 Å². The number of carbonyl (C=O) groups is 2. The number of likely N-dealkylation sites (N-methyl/N-ethyl adjacent to an activating group) is 1. The predicted molar refractivity (Wildman–Crippen MR) is 54.5 cm³/mol. The minimum Gasteiger partial charge on any atom is -0.566 e. The molecule has 0 unspecified atom stereocenters. The number of nitrogens with zero attached hydrogens (tertiary/aromatic N) is 1. The summed E-state index contributed by atoms with van der Waals surface area (Å²) in [6.07, 6.45) is 0. The fourth-order valence-electron chi connectivity index (χ4n) is 0.916. The van der Waals surface area contributed by atoms with E-state index >= 15 is 0 Å². The van der Waals surface area contributed by atoms with Gasteiger partial charge in [0.25, 0.3) is 11.8 Å². The van der Waals surface area contributed by atoms with Gasteiger partial charge in [0.2, 0.25) is 0 Å². The first-order valence-corrected chi connectivity index (χ1v) is 3.89. The molecule has 0 aromatic carbocycles. The number of imide groups is 1. The van der Waals surface area contributed by atoms with Crippen molar-refractivity contribution in [1.82, 2.24) is 4.90 Å². The molecule has 86 valence electrons. The maximum absolute atomic E-state index is 11.0. The van der Waals surface area contributed by atoms with Crippen LogP contribution in [0.25, 0.3) is 0 Å². The van der Waals surface area contributed by atoms with Crippen molar-refractivity contribution < 1.29 is 37.1 Å². The van der Waals surface area contributed by atoms with Gasteiger partial charge in [-0.1, -0.05) is 0 Å². The number of aliphatic hydroxyl groups is 1. The summed E-state index contributed by atoms with van der Waals surface area (Å²) in [5.74, 6) is -0.356. The molecule has 0 atom stereocenters. The van der Waals surface area contributed by atoms with Gasteiger partial charge in [-0.3, -0.25) is 14.5 Å². The fourth-order valence-corrected chi connectivity index (χ4v) is 0.916. The molecule has 4 nitrogen and oxygen atoms in total. The van der Waals surface area contributed by atoms with Crippen LogP contribution < -0.4 is 0 Å². The second-order valence-electron chi connectivity index (χ2n) is 2.68. The molecule has 2 amide bonds. The summed E-state index contributed by atoms with van der Waals surface area (Å²) in [5.41, 5.74) is 1.13. The maximum Gasteiger partial charge on any atom is 2.00 e. The van der Waals surface area contributed by atoms with E-state index in [-0.39, 0.29) is 32.9 Å². The van der Waals surface area contributed by atoms with Crippen LogP contribution in [0, 0.1) is 14.0 Å². The van der Waals surface area contributed by atoms with E-state index in [1.165, 1.54) is 7.05 Å². The number of carbonyl (C=O) groups excluding carboxylic acids is 2. The topological polar surface area (TPSA) is 57.6 Å². The molecule has 0 spiro atoms. The Bertz CT molecular complexity index is 243. The molecule has 0 saturated heterocycles. The SMILES string of the molecule is CC1=C(C)C(=O)N(C)C1=O.C[CH-]O.[2H][CH2-].[W+2]. The van der Waals surface area contributed by atoms with E-state index < -0.39 is 0 Å². The third-order valence-corrected chi connectivity index (χ3v) is 1.81. The number of rotatable bonds is 0. The van der Waals surface area contributed by atoms with Gasteiger partial charge in [-0.25, -0.2) is 7.98 Å². The van der Waals surface area contributed by atoms with Gasteiger partial charge < -0.3 is 12.5 Å². The van der Waals surface area contributed by atoms with Crippen LogP contribution >= 0.6 is 0 Å². The molecule has 0 aromatic rings. The Hall–Kier alpha value is -0.472. The molecule has 1 aliphatic rings. The minimum atomic E-state index is -0.178. The summed E-state index contributed by atoms with van der Waals surface area (Å²) in [4.78, 5) is 23.1. The van der Waals surface area contributed by atoms with E-state index in [9.17, 15) is 9.59 Å². The van der Waals surface area contributed by atoms with Gasteiger partial charge in [0.1, 0.15) is 0 Å². The zero-order valence-corrected chi connectivity index (χ0v) is 12.3. The van der Waals surface area contributed by atoms with Crippen LogP contribution in [0.5, 0.6) is 0 Å². The smallest absolute Gasteiger partial charge is 0.566 e. The summed E-state index contributed by atoms with van der Waals surface area (Å²) in [7, 11) is 3.99. The van der Waals surface area contributed by atoms with Crippen LogP contribution in [0.15, 0.2) is 11.1 Å². The summed E-state index contributed by atoms with van der Waals surface area (Å²) in [5, 5.41) is 7.44. The molecule has 15 heavy (non-hydrogen) atoms. The first-order valence-electron chi connectivity index (χ1n) is 4.60. The Labute approximate surface area is 107 Å². The third-order valence-electron chi connectivity index (χ3n) is 1.81. The molecule has 0 aromatic heterocycles. The maximum atomic E-state index is 11.0. The van der Waals surface area contributed by atoms with Crippen LogP contribution in [-0.4, -0.2) is 28.9 Å². The zero-order chi connectivity index (χ0) is 12.6. The zero-order valence-electron chi connectivity index (χ0n) is 10.4. The monoisotopic (exact) mass is 384 g/mol. The van der Waals surface area contributed by atoms with Gasteiger partial charge in [0, 0.05) is 18.2 Å². The molecule has 0 saturated carbocycles. The van der Waals surface area contributed by atoms with Crippen LogP contribution in [0.2, 0.25) is 0 Å². The van der Waals surface area contributed by atoms with Crippen LogP contribution in [0.1, 0.15) is 22.1 Å². The van der Waals surface area contributed by atoms with E-state index in [1.807, 2.05) is 0 Å². The minimum absolute atomic E-state index is 0. The molecule has 5 heteroatoms. The molecule has 0 aliphatic carbocycles. The van der Waals surface area contributed by atoms with Gasteiger partial charge in [-0.05, 0) is 13.8 Å². The van der Waals surface area contributed by atoms with Crippen molar-refractivity contribution in [3.8, 4) is 0 Å². The second kappa shape index (κ2) is 8.81. The molecular formula is C10H17NO3W. The Morgan fingerprint density at radius 2 is 1.47 bits per heavy atom. The van der Waals surface area contributed by atoms with Crippen molar-refractivity contribution in [3.63, 3.8) is 0 Å². The molecule has 0 radical (unpaired) electrons. The van der Waals surface area contributed by atoms with Crippen molar-refractivity contribution in [1.29, 1.82) is 0 Å². The van der Waals surface area contributed by atoms with Crippen LogP contribution in [-0.2, 0) is 30.7 Å². The van der Waals surface area contributed by atoms with E-state index in [1.54, 1.807) is 20.8 Å². The van der Waals surface area contributed by atoms with E-state index in [4.69, 9.17) is 6.48 Å². The van der Waals surface area contributed by atoms with Crippen LogP contribution in [0.3, 0.4) is 0 Å². The summed E-state index contributed by atoms with van der Waals surface area (Å²) >= 11 is 0. The van der Waals surface area contributed by atoms with Gasteiger partial charge in [-0.2, -0.15) is 6.92 Å². The Morgan fingerprint density at radius 3 is 1.53 bits per heavy atom. The molecule has 0 fully saturated rings. The molecule has 1 rings (SSSR count). The van der Waals surface area contributed by atoms with Gasteiger partial charge in [0.05, 0.1) is 0 Å². The Kier molecular flexibility index (Phi) is 9.95. The summed E-state index contributed by atoms with van der Waals surface area (Å²) < 4.78 is 5.50. The number of hydrogen-bond acceptors (Lipinski definition) is 3. The molecule has 1 N–H and O–H groups in total. The Balaban J connectivity index is -0.000000246. The number of aliphatic hydroxyl groups excluding tert-OH is 1. The van der Waals surface area contributed by atoms with Crippen molar-refractivity contribution in [2.45, 2.75) is 20.8 Å². The van der Waals surface area contributed by atoms with Crippen molar-refractivity contribution in [2.75, 3.05) is 7.05 Å². The largest absolute Gasteiger partial charge is 2.00 e. The van der Waals surface area contributed by atoms with Gasteiger partial charge >= 0.3 is 21.1 Å². The average molecular weight is 384 g/mol. The summed E-state index contributed by atoms with van der Waals surface area (Å²) in [6, 6.07) is 0. The van der Waals surface area contributed by atoms with Crippen molar-refractivity contribution in [2.24, 2.45) is 0 Å².